The monoisotopic (exact) mass is 539 g/mol. The molecule has 0 fully saturated rings. The molecular weight excluding hydrogens is 514 g/mol. The van der Waals surface area contributed by atoms with E-state index in [-0.39, 0.29) is 11.4 Å². The van der Waals surface area contributed by atoms with E-state index in [9.17, 15) is 13.2 Å². The highest BCUT2D eigenvalue weighted by molar-refractivity contribution is 7.92. The Hall–Kier alpha value is -4.27. The van der Waals surface area contributed by atoms with Gasteiger partial charge in [0.15, 0.2) is 5.13 Å². The summed E-state index contributed by atoms with van der Waals surface area (Å²) < 4.78 is 28.1. The van der Waals surface area contributed by atoms with Crippen LogP contribution < -0.4 is 9.62 Å². The lowest BCUT2D eigenvalue weighted by Gasteiger charge is -2.24. The summed E-state index contributed by atoms with van der Waals surface area (Å²) in [5.41, 5.74) is 5.25. The number of carbonyl (C=O) groups excluding carboxylic acids is 1. The number of para-hydroxylation sites is 1. The number of anilines is 2. The van der Waals surface area contributed by atoms with Gasteiger partial charge in [-0.05, 0) is 42.3 Å². The van der Waals surface area contributed by atoms with E-state index in [0.29, 0.717) is 10.8 Å². The molecular formula is C30H25N3O3S2. The van der Waals surface area contributed by atoms with Crippen molar-refractivity contribution in [2.24, 2.45) is 0 Å². The Kier molecular flexibility index (Phi) is 7.35. The molecule has 5 aromatic rings. The van der Waals surface area contributed by atoms with Crippen molar-refractivity contribution in [2.75, 3.05) is 16.2 Å². The summed E-state index contributed by atoms with van der Waals surface area (Å²) in [7, 11) is -3.97. The summed E-state index contributed by atoms with van der Waals surface area (Å²) in [5, 5.41) is 5.03. The normalized spacial score (nSPS) is 11.2. The van der Waals surface area contributed by atoms with Gasteiger partial charge in [-0.2, -0.15) is 0 Å². The minimum Gasteiger partial charge on any atom is -0.300 e. The van der Waals surface area contributed by atoms with Crippen LogP contribution in [0.1, 0.15) is 5.56 Å². The van der Waals surface area contributed by atoms with E-state index >= 15 is 0 Å². The number of amides is 1. The lowest BCUT2D eigenvalue weighted by Crippen LogP contribution is -2.38. The first kappa shape index (κ1) is 25.4. The molecule has 1 N–H and O–H groups in total. The number of nitrogens with one attached hydrogen (secondary N) is 1. The van der Waals surface area contributed by atoms with Gasteiger partial charge in [0.2, 0.25) is 5.91 Å². The zero-order valence-electron chi connectivity index (χ0n) is 20.6. The molecule has 0 saturated heterocycles. The van der Waals surface area contributed by atoms with Crippen molar-refractivity contribution in [1.82, 2.24) is 4.98 Å². The fourth-order valence-electron chi connectivity index (χ4n) is 3.96. The molecule has 0 unspecified atom stereocenters. The van der Waals surface area contributed by atoms with Crippen LogP contribution >= 0.6 is 11.3 Å². The third-order valence-electron chi connectivity index (χ3n) is 5.98. The summed E-state index contributed by atoms with van der Waals surface area (Å²) in [4.78, 5) is 17.7. The molecule has 6 nitrogen and oxygen atoms in total. The summed E-state index contributed by atoms with van der Waals surface area (Å²) in [6, 6.07) is 33.3. The Balaban J connectivity index is 1.33. The number of thiazole rings is 1. The van der Waals surface area contributed by atoms with Crippen molar-refractivity contribution >= 4 is 38.1 Å². The molecule has 0 aliphatic heterocycles. The van der Waals surface area contributed by atoms with Gasteiger partial charge < -0.3 is 5.32 Å². The molecule has 0 spiro atoms. The minimum absolute atomic E-state index is 0.121. The zero-order chi connectivity index (χ0) is 26.5. The molecule has 0 aliphatic rings. The molecule has 5 rings (SSSR count). The molecule has 8 heteroatoms. The fraction of sp³-hybridized carbons (Fsp3) is 0.0667. The topological polar surface area (TPSA) is 79.4 Å². The van der Waals surface area contributed by atoms with Crippen LogP contribution in [0.2, 0.25) is 0 Å². The number of sulfonamides is 1. The van der Waals surface area contributed by atoms with Gasteiger partial charge in [-0.3, -0.25) is 9.10 Å². The largest absolute Gasteiger partial charge is 0.300 e. The molecule has 0 atom stereocenters. The zero-order valence-corrected chi connectivity index (χ0v) is 22.2. The first-order valence-electron chi connectivity index (χ1n) is 12.0. The molecule has 1 aromatic heterocycles. The Morgan fingerprint density at radius 1 is 0.789 bits per heavy atom. The van der Waals surface area contributed by atoms with Crippen LogP contribution in [0.15, 0.2) is 119 Å². The van der Waals surface area contributed by atoms with Crippen molar-refractivity contribution in [3.63, 3.8) is 0 Å². The highest BCUT2D eigenvalue weighted by Gasteiger charge is 2.27. The minimum atomic E-state index is -3.97. The van der Waals surface area contributed by atoms with E-state index in [1.54, 1.807) is 54.6 Å². The van der Waals surface area contributed by atoms with Gasteiger partial charge in [0, 0.05) is 10.9 Å². The summed E-state index contributed by atoms with van der Waals surface area (Å²) in [5.74, 6) is -0.482. The van der Waals surface area contributed by atoms with Crippen LogP contribution in [-0.4, -0.2) is 25.9 Å². The second kappa shape index (κ2) is 11.0. The third kappa shape index (κ3) is 5.66. The molecule has 0 bridgehead atoms. The van der Waals surface area contributed by atoms with Gasteiger partial charge in [0.05, 0.1) is 16.3 Å². The highest BCUT2D eigenvalue weighted by Crippen LogP contribution is 2.28. The van der Waals surface area contributed by atoms with Gasteiger partial charge in [-0.1, -0.05) is 90.5 Å². The van der Waals surface area contributed by atoms with Gasteiger partial charge in [-0.15, -0.1) is 11.3 Å². The standard InChI is InChI=1S/C30H25N3O3S2/c1-22-12-18-27(19-13-22)38(35,36)33(26-10-6-3-7-11-26)20-29(34)32-30-31-28(21-37-30)25-16-14-24(15-17-25)23-8-4-2-5-9-23/h2-19,21H,20H2,1H3,(H,31,32,34). The molecule has 4 aromatic carbocycles. The molecule has 0 saturated carbocycles. The van der Waals surface area contributed by atoms with E-state index in [2.05, 4.69) is 22.4 Å². The molecule has 1 amide bonds. The maximum Gasteiger partial charge on any atom is 0.264 e. The van der Waals surface area contributed by atoms with Crippen LogP contribution in [0.5, 0.6) is 0 Å². The average Bonchev–Trinajstić information content (AvgIpc) is 3.41. The van der Waals surface area contributed by atoms with E-state index in [4.69, 9.17) is 0 Å². The van der Waals surface area contributed by atoms with E-state index < -0.39 is 15.9 Å². The third-order valence-corrected chi connectivity index (χ3v) is 8.52. The van der Waals surface area contributed by atoms with Crippen molar-refractivity contribution in [3.05, 3.63) is 120 Å². The quantitative estimate of drug-likeness (QED) is 0.240. The second-order valence-electron chi connectivity index (χ2n) is 8.69. The van der Waals surface area contributed by atoms with Crippen LogP contribution in [-0.2, 0) is 14.8 Å². The summed E-state index contributed by atoms with van der Waals surface area (Å²) >= 11 is 1.29. The number of carbonyl (C=O) groups is 1. The number of aromatic nitrogens is 1. The van der Waals surface area contributed by atoms with Crippen molar-refractivity contribution in [2.45, 2.75) is 11.8 Å². The van der Waals surface area contributed by atoms with Crippen molar-refractivity contribution in [1.29, 1.82) is 0 Å². The van der Waals surface area contributed by atoms with Crippen LogP contribution in [0.3, 0.4) is 0 Å². The van der Waals surface area contributed by atoms with Crippen LogP contribution in [0.25, 0.3) is 22.4 Å². The smallest absolute Gasteiger partial charge is 0.264 e. The molecule has 0 aliphatic carbocycles. The average molecular weight is 540 g/mol. The summed E-state index contributed by atoms with van der Waals surface area (Å²) in [6.45, 7) is 1.50. The maximum atomic E-state index is 13.5. The molecule has 0 radical (unpaired) electrons. The Morgan fingerprint density at radius 3 is 2.03 bits per heavy atom. The number of hydrogen-bond donors (Lipinski definition) is 1. The first-order chi connectivity index (χ1) is 18.4. The van der Waals surface area contributed by atoms with E-state index in [1.165, 1.54) is 11.3 Å². The Bertz CT molecular complexity index is 1630. The number of hydrogen-bond acceptors (Lipinski definition) is 5. The first-order valence-corrected chi connectivity index (χ1v) is 14.3. The highest BCUT2D eigenvalue weighted by atomic mass is 32.2. The van der Waals surface area contributed by atoms with Gasteiger partial charge in [0.1, 0.15) is 6.54 Å². The maximum absolute atomic E-state index is 13.5. The molecule has 190 valence electrons. The Morgan fingerprint density at radius 2 is 1.37 bits per heavy atom. The SMILES string of the molecule is Cc1ccc(S(=O)(=O)N(CC(=O)Nc2nc(-c3ccc(-c4ccccc4)cc3)cs2)c2ccccc2)cc1. The molecule has 1 heterocycles. The predicted octanol–water partition coefficient (Wildman–Crippen LogP) is 6.62. The van der Waals surface area contributed by atoms with Gasteiger partial charge >= 0.3 is 0 Å². The van der Waals surface area contributed by atoms with Crippen LogP contribution in [0.4, 0.5) is 10.8 Å². The van der Waals surface area contributed by atoms with E-state index in [0.717, 1.165) is 32.3 Å². The summed E-state index contributed by atoms with van der Waals surface area (Å²) in [6.07, 6.45) is 0. The number of nitrogens with zero attached hydrogens (tertiary/aromatic N) is 2. The molecule has 38 heavy (non-hydrogen) atoms. The van der Waals surface area contributed by atoms with Crippen molar-refractivity contribution in [3.8, 4) is 22.4 Å². The van der Waals surface area contributed by atoms with E-state index in [1.807, 2.05) is 54.8 Å². The van der Waals surface area contributed by atoms with Crippen molar-refractivity contribution < 1.29 is 13.2 Å². The number of benzene rings is 4. The second-order valence-corrected chi connectivity index (χ2v) is 11.4. The lowest BCUT2D eigenvalue weighted by atomic mass is 10.0. The van der Waals surface area contributed by atoms with Gasteiger partial charge in [-0.25, -0.2) is 13.4 Å². The Labute approximate surface area is 226 Å². The number of rotatable bonds is 8. The fourth-order valence-corrected chi connectivity index (χ4v) is 6.12. The lowest BCUT2D eigenvalue weighted by molar-refractivity contribution is -0.114. The van der Waals surface area contributed by atoms with Crippen LogP contribution in [0, 0.1) is 6.92 Å². The van der Waals surface area contributed by atoms with Gasteiger partial charge in [0.25, 0.3) is 10.0 Å². The number of aryl methyl sites for hydroxylation is 1. The predicted molar refractivity (Wildman–Crippen MR) is 154 cm³/mol.